The fraction of sp³-hybridized carbons (Fsp3) is 0.278. The average molecular weight is 325 g/mol. The molecule has 2 heterocycles. The summed E-state index contributed by atoms with van der Waals surface area (Å²) < 4.78 is 5.01. The summed E-state index contributed by atoms with van der Waals surface area (Å²) in [5.74, 6) is 0.495. The molecule has 0 spiro atoms. The van der Waals surface area contributed by atoms with E-state index >= 15 is 0 Å². The Morgan fingerprint density at radius 1 is 1.29 bits per heavy atom. The Morgan fingerprint density at radius 3 is 2.62 bits per heavy atom. The van der Waals surface area contributed by atoms with Crippen LogP contribution in [0.3, 0.4) is 0 Å². The third-order valence-corrected chi connectivity index (χ3v) is 3.99. The molecule has 1 aliphatic rings. The summed E-state index contributed by atoms with van der Waals surface area (Å²) in [4.78, 5) is 25.5. The van der Waals surface area contributed by atoms with E-state index in [1.165, 1.54) is 6.08 Å². The molecular formula is C18H19N3O3. The van der Waals surface area contributed by atoms with Gasteiger partial charge in [0.1, 0.15) is 11.4 Å². The highest BCUT2D eigenvalue weighted by atomic mass is 16.5. The first kappa shape index (κ1) is 16.0. The quantitative estimate of drug-likeness (QED) is 0.877. The molecule has 0 aliphatic carbocycles. The molecule has 124 valence electrons. The summed E-state index contributed by atoms with van der Waals surface area (Å²) in [6.45, 7) is 4.29. The van der Waals surface area contributed by atoms with Crippen LogP contribution in [-0.2, 0) is 9.59 Å². The van der Waals surface area contributed by atoms with Gasteiger partial charge in [0.25, 0.3) is 0 Å². The third kappa shape index (κ3) is 3.37. The number of hydrogen-bond acceptors (Lipinski definition) is 4. The lowest BCUT2D eigenvalue weighted by atomic mass is 10.2. The van der Waals surface area contributed by atoms with Crippen LogP contribution in [0.2, 0.25) is 0 Å². The maximum absolute atomic E-state index is 12.0. The molecule has 1 saturated heterocycles. The third-order valence-electron chi connectivity index (χ3n) is 3.99. The zero-order chi connectivity index (χ0) is 17.1. The molecule has 1 aromatic carbocycles. The molecule has 2 aromatic rings. The van der Waals surface area contributed by atoms with Crippen LogP contribution in [-0.4, -0.2) is 23.5 Å². The molecule has 6 nitrogen and oxygen atoms in total. The summed E-state index contributed by atoms with van der Waals surface area (Å²) >= 11 is 0. The first-order valence-corrected chi connectivity index (χ1v) is 7.87. The minimum Gasteiger partial charge on any atom is -0.359 e. The van der Waals surface area contributed by atoms with Crippen LogP contribution in [0.15, 0.2) is 34.9 Å². The van der Waals surface area contributed by atoms with Crippen molar-refractivity contribution in [3.63, 3.8) is 0 Å². The number of aromatic nitrogens is 1. The molecule has 1 fully saturated rings. The van der Waals surface area contributed by atoms with Crippen molar-refractivity contribution in [2.45, 2.75) is 26.7 Å². The summed E-state index contributed by atoms with van der Waals surface area (Å²) in [6.07, 6.45) is 4.71. The second-order valence-corrected chi connectivity index (χ2v) is 5.76. The van der Waals surface area contributed by atoms with E-state index in [2.05, 4.69) is 10.5 Å². The van der Waals surface area contributed by atoms with Crippen molar-refractivity contribution in [1.82, 2.24) is 5.16 Å². The second kappa shape index (κ2) is 6.70. The highest BCUT2D eigenvalue weighted by Crippen LogP contribution is 2.22. The second-order valence-electron chi connectivity index (χ2n) is 5.76. The molecule has 1 aromatic heterocycles. The average Bonchev–Trinajstić information content (AvgIpc) is 3.14. The van der Waals surface area contributed by atoms with Crippen molar-refractivity contribution in [3.05, 3.63) is 47.4 Å². The number of benzene rings is 1. The number of nitrogens with zero attached hydrogens (tertiary/aromatic N) is 2. The van der Waals surface area contributed by atoms with Gasteiger partial charge in [-0.1, -0.05) is 17.3 Å². The van der Waals surface area contributed by atoms with Crippen LogP contribution in [0.25, 0.3) is 6.08 Å². The van der Waals surface area contributed by atoms with Crippen LogP contribution in [0.5, 0.6) is 0 Å². The molecule has 1 aliphatic heterocycles. The molecule has 0 atom stereocenters. The minimum absolute atomic E-state index is 0.164. The number of hydrogen-bond donors (Lipinski definition) is 1. The molecule has 3 rings (SSSR count). The summed E-state index contributed by atoms with van der Waals surface area (Å²) in [5.41, 5.74) is 3.04. The smallest absolute Gasteiger partial charge is 0.248 e. The molecule has 6 heteroatoms. The fourth-order valence-corrected chi connectivity index (χ4v) is 2.68. The summed E-state index contributed by atoms with van der Waals surface area (Å²) in [7, 11) is 0. The van der Waals surface area contributed by atoms with E-state index in [-0.39, 0.29) is 11.8 Å². The summed E-state index contributed by atoms with van der Waals surface area (Å²) in [6, 6.07) is 7.57. The zero-order valence-corrected chi connectivity index (χ0v) is 13.7. The standard InChI is InChI=1S/C18H19N3O3/c1-12-18(13(2)24-20-12)19-16(22)10-7-14-5-8-15(9-6-14)21-11-3-4-17(21)23/h5-10H,3-4,11H2,1-2H3,(H,19,22)/b10-7+. The minimum atomic E-state index is -0.247. The first-order chi connectivity index (χ1) is 11.5. The number of carbonyl (C=O) groups is 2. The van der Waals surface area contributed by atoms with Gasteiger partial charge >= 0.3 is 0 Å². The van der Waals surface area contributed by atoms with Gasteiger partial charge in [0.05, 0.1) is 0 Å². The predicted octanol–water partition coefficient (Wildman–Crippen LogP) is 3.07. The van der Waals surface area contributed by atoms with Crippen molar-refractivity contribution >= 4 is 29.3 Å². The molecular weight excluding hydrogens is 306 g/mol. The van der Waals surface area contributed by atoms with Gasteiger partial charge in [0, 0.05) is 24.7 Å². The van der Waals surface area contributed by atoms with Gasteiger partial charge in [0.2, 0.25) is 11.8 Å². The van der Waals surface area contributed by atoms with Crippen molar-refractivity contribution in [3.8, 4) is 0 Å². The predicted molar refractivity (Wildman–Crippen MR) is 91.7 cm³/mol. The lowest BCUT2D eigenvalue weighted by molar-refractivity contribution is -0.117. The molecule has 0 saturated carbocycles. The normalized spacial score (nSPS) is 14.6. The van der Waals surface area contributed by atoms with Gasteiger partial charge < -0.3 is 14.7 Å². The molecule has 0 unspecified atom stereocenters. The number of anilines is 2. The number of amides is 2. The van der Waals surface area contributed by atoms with Gasteiger partial charge in [-0.15, -0.1) is 0 Å². The van der Waals surface area contributed by atoms with E-state index in [1.54, 1.807) is 24.8 Å². The van der Waals surface area contributed by atoms with Crippen LogP contribution in [0.4, 0.5) is 11.4 Å². The maximum atomic E-state index is 12.0. The number of nitrogens with one attached hydrogen (secondary N) is 1. The number of aryl methyl sites for hydroxylation is 2. The SMILES string of the molecule is Cc1noc(C)c1NC(=O)/C=C/c1ccc(N2CCCC2=O)cc1. The number of rotatable bonds is 4. The van der Waals surface area contributed by atoms with Crippen LogP contribution in [0, 0.1) is 13.8 Å². The van der Waals surface area contributed by atoms with Crippen molar-refractivity contribution < 1.29 is 14.1 Å². The monoisotopic (exact) mass is 325 g/mol. The van der Waals surface area contributed by atoms with E-state index in [1.807, 2.05) is 24.3 Å². The van der Waals surface area contributed by atoms with E-state index in [4.69, 9.17) is 4.52 Å². The highest BCUT2D eigenvalue weighted by Gasteiger charge is 2.21. The zero-order valence-electron chi connectivity index (χ0n) is 13.7. The largest absolute Gasteiger partial charge is 0.359 e. The molecule has 2 amide bonds. The van der Waals surface area contributed by atoms with E-state index in [9.17, 15) is 9.59 Å². The molecule has 24 heavy (non-hydrogen) atoms. The Kier molecular flexibility index (Phi) is 4.46. The van der Waals surface area contributed by atoms with Crippen LogP contribution >= 0.6 is 0 Å². The first-order valence-electron chi connectivity index (χ1n) is 7.87. The van der Waals surface area contributed by atoms with E-state index < -0.39 is 0 Å². The Labute approximate surface area is 140 Å². The van der Waals surface area contributed by atoms with E-state index in [0.717, 1.165) is 24.2 Å². The summed E-state index contributed by atoms with van der Waals surface area (Å²) in [5, 5.41) is 6.55. The Hall–Kier alpha value is -2.89. The van der Waals surface area contributed by atoms with Crippen LogP contribution < -0.4 is 10.2 Å². The van der Waals surface area contributed by atoms with Crippen LogP contribution in [0.1, 0.15) is 29.9 Å². The number of carbonyl (C=O) groups excluding carboxylic acids is 2. The van der Waals surface area contributed by atoms with Gasteiger partial charge in [-0.25, -0.2) is 0 Å². The molecule has 1 N–H and O–H groups in total. The Morgan fingerprint density at radius 2 is 2.04 bits per heavy atom. The van der Waals surface area contributed by atoms with Crippen molar-refractivity contribution in [1.29, 1.82) is 0 Å². The van der Waals surface area contributed by atoms with Gasteiger partial charge in [-0.05, 0) is 44.0 Å². The topological polar surface area (TPSA) is 75.4 Å². The Balaban J connectivity index is 1.64. The Bertz CT molecular complexity index is 771. The lowest BCUT2D eigenvalue weighted by Gasteiger charge is -2.15. The van der Waals surface area contributed by atoms with E-state index in [0.29, 0.717) is 23.6 Å². The van der Waals surface area contributed by atoms with Gasteiger partial charge in [-0.3, -0.25) is 9.59 Å². The molecule has 0 bridgehead atoms. The highest BCUT2D eigenvalue weighted by molar-refractivity contribution is 6.02. The maximum Gasteiger partial charge on any atom is 0.248 e. The van der Waals surface area contributed by atoms with Gasteiger partial charge in [-0.2, -0.15) is 0 Å². The molecule has 0 radical (unpaired) electrons. The van der Waals surface area contributed by atoms with Crippen molar-refractivity contribution in [2.75, 3.05) is 16.8 Å². The van der Waals surface area contributed by atoms with Crippen molar-refractivity contribution in [2.24, 2.45) is 0 Å². The van der Waals surface area contributed by atoms with Gasteiger partial charge in [0.15, 0.2) is 5.76 Å². The fourth-order valence-electron chi connectivity index (χ4n) is 2.68. The lowest BCUT2D eigenvalue weighted by Crippen LogP contribution is -2.23.